The lowest BCUT2D eigenvalue weighted by molar-refractivity contribution is 0.477. The topological polar surface area (TPSA) is 95.3 Å². The molecule has 0 heterocycles. The van der Waals surface area contributed by atoms with Crippen molar-refractivity contribution in [2.45, 2.75) is 6.42 Å². The second-order valence-electron chi connectivity index (χ2n) is 3.18. The average Bonchev–Trinajstić information content (AvgIpc) is 2.10. The van der Waals surface area contributed by atoms with Gasteiger partial charge in [0.1, 0.15) is 9.84 Å². The normalized spacial score (nSPS) is 12.7. The predicted molar refractivity (Wildman–Crippen MR) is 56.4 cm³/mol. The number of nitriles is 1. The van der Waals surface area contributed by atoms with E-state index in [2.05, 4.69) is 0 Å². The highest BCUT2D eigenvalue weighted by atomic mass is 32.2. The van der Waals surface area contributed by atoms with Crippen LogP contribution in [0, 0.1) is 11.3 Å². The molecule has 0 bridgehead atoms. The van der Waals surface area contributed by atoms with Gasteiger partial charge in [-0.1, -0.05) is 0 Å². The summed E-state index contributed by atoms with van der Waals surface area (Å²) in [7, 11) is -5.52. The van der Waals surface area contributed by atoms with Crippen molar-refractivity contribution in [1.29, 1.82) is 5.26 Å². The second kappa shape index (κ2) is 5.44. The van der Waals surface area contributed by atoms with Gasteiger partial charge in [-0.2, -0.15) is 5.26 Å². The first-order valence-electron chi connectivity index (χ1n) is 4.18. The van der Waals surface area contributed by atoms with Crippen LogP contribution in [0.5, 0.6) is 0 Å². The molecule has 0 aromatic heterocycles. The third kappa shape index (κ3) is 6.43. The van der Waals surface area contributed by atoms with E-state index >= 15 is 0 Å². The number of rotatable bonds is 6. The molecule has 0 spiro atoms. The number of hydrogen-bond acceptors (Lipinski definition) is 5. The van der Waals surface area contributed by atoms with Crippen molar-refractivity contribution in [3.05, 3.63) is 0 Å². The lowest BCUT2D eigenvalue weighted by atomic mass is 10.5. The molecular weight excluding hydrogens is 240 g/mol. The van der Waals surface area contributed by atoms with Crippen molar-refractivity contribution in [3.63, 3.8) is 0 Å². The second-order valence-corrected chi connectivity index (χ2v) is 7.63. The summed E-state index contributed by atoms with van der Waals surface area (Å²) < 4.78 is 45.4. The summed E-state index contributed by atoms with van der Waals surface area (Å²) in [6, 6.07) is 1.82. The molecular formula is C7H14N2O4S2. The summed E-state index contributed by atoms with van der Waals surface area (Å²) in [6.45, 7) is 0.0859. The van der Waals surface area contributed by atoms with Gasteiger partial charge in [-0.3, -0.25) is 0 Å². The van der Waals surface area contributed by atoms with E-state index in [1.165, 1.54) is 7.05 Å². The molecule has 0 rings (SSSR count). The Morgan fingerprint density at radius 2 is 1.73 bits per heavy atom. The van der Waals surface area contributed by atoms with Crippen LogP contribution < -0.4 is 0 Å². The molecule has 0 unspecified atom stereocenters. The summed E-state index contributed by atoms with van der Waals surface area (Å²) in [4.78, 5) is 0. The maximum atomic E-state index is 11.4. The first-order valence-corrected chi connectivity index (χ1v) is 7.85. The van der Waals surface area contributed by atoms with Crippen LogP contribution in [0.3, 0.4) is 0 Å². The van der Waals surface area contributed by atoms with Crippen LogP contribution in [0.4, 0.5) is 0 Å². The van der Waals surface area contributed by atoms with Gasteiger partial charge in [0.05, 0.1) is 17.6 Å². The molecule has 0 aliphatic heterocycles. The fraction of sp³-hybridized carbons (Fsp3) is 0.857. The molecule has 88 valence electrons. The number of sulfonamides is 1. The highest BCUT2D eigenvalue weighted by Crippen LogP contribution is 2.00. The molecule has 0 aromatic carbocycles. The summed E-state index contributed by atoms with van der Waals surface area (Å²) in [5.74, 6) is -0.833. The van der Waals surface area contributed by atoms with Crippen LogP contribution in [0.25, 0.3) is 0 Å². The number of nitrogens with zero attached hydrogens (tertiary/aromatic N) is 2. The minimum absolute atomic E-state index is 0.0859. The molecule has 0 saturated carbocycles. The zero-order chi connectivity index (χ0) is 12.1. The van der Waals surface area contributed by atoms with Crippen molar-refractivity contribution in [3.8, 4) is 6.07 Å². The molecule has 0 aromatic rings. The molecule has 0 aliphatic rings. The summed E-state index contributed by atoms with van der Waals surface area (Å²) in [6.07, 6.45) is 1.08. The molecule has 15 heavy (non-hydrogen) atoms. The van der Waals surface area contributed by atoms with E-state index in [-0.39, 0.29) is 13.0 Å². The third-order valence-electron chi connectivity index (χ3n) is 1.73. The SMILES string of the molecule is CN(CCC#N)S(=O)(=O)CCS(C)(=O)=O. The predicted octanol–water partition coefficient (Wildman–Crippen LogP) is -0.794. The summed E-state index contributed by atoms with van der Waals surface area (Å²) in [5.41, 5.74) is 0. The zero-order valence-corrected chi connectivity index (χ0v) is 10.3. The van der Waals surface area contributed by atoms with E-state index in [1.807, 2.05) is 6.07 Å². The molecule has 0 radical (unpaired) electrons. The molecule has 0 fully saturated rings. The van der Waals surface area contributed by atoms with E-state index < -0.39 is 31.4 Å². The summed E-state index contributed by atoms with van der Waals surface area (Å²) in [5, 5.41) is 8.27. The van der Waals surface area contributed by atoms with Crippen LogP contribution in [-0.2, 0) is 19.9 Å². The van der Waals surface area contributed by atoms with Gasteiger partial charge in [-0.25, -0.2) is 21.1 Å². The van der Waals surface area contributed by atoms with Crippen molar-refractivity contribution in [2.75, 3.05) is 31.4 Å². The third-order valence-corrected chi connectivity index (χ3v) is 4.78. The zero-order valence-electron chi connectivity index (χ0n) is 8.67. The Morgan fingerprint density at radius 1 is 1.20 bits per heavy atom. The molecule has 0 N–H and O–H groups in total. The van der Waals surface area contributed by atoms with Gasteiger partial charge in [0.25, 0.3) is 0 Å². The standard InChI is InChI=1S/C7H14N2O4S2/c1-9(5-3-4-8)15(12,13)7-6-14(2,10)11/h3,5-7H2,1-2H3. The first-order chi connectivity index (χ1) is 6.69. The molecule has 0 atom stereocenters. The highest BCUT2D eigenvalue weighted by molar-refractivity contribution is 7.93. The molecule has 8 heteroatoms. The van der Waals surface area contributed by atoms with E-state index in [0.29, 0.717) is 0 Å². The van der Waals surface area contributed by atoms with Gasteiger partial charge in [0.2, 0.25) is 10.0 Å². The highest BCUT2D eigenvalue weighted by Gasteiger charge is 2.19. The van der Waals surface area contributed by atoms with Gasteiger partial charge in [-0.05, 0) is 0 Å². The first kappa shape index (κ1) is 14.3. The van der Waals surface area contributed by atoms with Crippen LogP contribution in [0.15, 0.2) is 0 Å². The maximum absolute atomic E-state index is 11.4. The van der Waals surface area contributed by atoms with E-state index in [4.69, 9.17) is 5.26 Å². The van der Waals surface area contributed by atoms with Gasteiger partial charge < -0.3 is 0 Å². The lowest BCUT2D eigenvalue weighted by Gasteiger charge is -2.14. The fourth-order valence-electron chi connectivity index (χ4n) is 0.759. The number of sulfone groups is 1. The Kier molecular flexibility index (Phi) is 5.20. The summed E-state index contributed by atoms with van der Waals surface area (Å²) >= 11 is 0. The van der Waals surface area contributed by atoms with Gasteiger partial charge in [0, 0.05) is 26.3 Å². The van der Waals surface area contributed by atoms with E-state index in [1.54, 1.807) is 0 Å². The lowest BCUT2D eigenvalue weighted by Crippen LogP contribution is -2.32. The van der Waals surface area contributed by atoms with Crippen LogP contribution >= 0.6 is 0 Å². The molecule has 0 amide bonds. The molecule has 6 nitrogen and oxygen atoms in total. The minimum Gasteiger partial charge on any atom is -0.229 e. The minimum atomic E-state index is -3.56. The maximum Gasteiger partial charge on any atom is 0.214 e. The van der Waals surface area contributed by atoms with Gasteiger partial charge in [-0.15, -0.1) is 0 Å². The van der Waals surface area contributed by atoms with E-state index in [9.17, 15) is 16.8 Å². The van der Waals surface area contributed by atoms with Crippen molar-refractivity contribution >= 4 is 19.9 Å². The number of hydrogen-bond donors (Lipinski definition) is 0. The van der Waals surface area contributed by atoms with Crippen molar-refractivity contribution in [1.82, 2.24) is 4.31 Å². The smallest absolute Gasteiger partial charge is 0.214 e. The largest absolute Gasteiger partial charge is 0.229 e. The van der Waals surface area contributed by atoms with Gasteiger partial charge in [0.15, 0.2) is 0 Å². The quantitative estimate of drug-likeness (QED) is 0.618. The van der Waals surface area contributed by atoms with Crippen molar-refractivity contribution < 1.29 is 16.8 Å². The monoisotopic (exact) mass is 254 g/mol. The Hall–Kier alpha value is -0.650. The molecule has 0 aliphatic carbocycles. The molecule has 0 saturated heterocycles. The van der Waals surface area contributed by atoms with Crippen LogP contribution in [-0.4, -0.2) is 52.5 Å². The van der Waals surface area contributed by atoms with E-state index in [0.717, 1.165) is 10.6 Å². The Labute approximate surface area is 90.5 Å². The van der Waals surface area contributed by atoms with Crippen LogP contribution in [0.1, 0.15) is 6.42 Å². The fourth-order valence-corrected chi connectivity index (χ4v) is 3.49. The van der Waals surface area contributed by atoms with Crippen molar-refractivity contribution in [2.24, 2.45) is 0 Å². The van der Waals surface area contributed by atoms with Gasteiger partial charge >= 0.3 is 0 Å². The van der Waals surface area contributed by atoms with Crippen LogP contribution in [0.2, 0.25) is 0 Å². The average molecular weight is 254 g/mol. The Bertz CT molecular complexity index is 432. The Morgan fingerprint density at radius 3 is 2.13 bits per heavy atom. The Balaban J connectivity index is 4.38.